The van der Waals surface area contributed by atoms with Crippen molar-refractivity contribution in [3.63, 3.8) is 0 Å². The highest BCUT2D eigenvalue weighted by Crippen LogP contribution is 2.23. The Morgan fingerprint density at radius 1 is 1.44 bits per heavy atom. The smallest absolute Gasteiger partial charge is 0.191 e. The lowest BCUT2D eigenvalue weighted by Gasteiger charge is -2.30. The van der Waals surface area contributed by atoms with E-state index in [0.717, 1.165) is 59.9 Å². The molecule has 0 aromatic heterocycles. The summed E-state index contributed by atoms with van der Waals surface area (Å²) in [6.45, 7) is 2.78. The second-order valence-electron chi connectivity index (χ2n) is 6.28. The van der Waals surface area contributed by atoms with Gasteiger partial charge in [0.1, 0.15) is 0 Å². The molecule has 0 amide bonds. The Labute approximate surface area is 166 Å². The van der Waals surface area contributed by atoms with Crippen LogP contribution in [0.1, 0.15) is 38.2 Å². The van der Waals surface area contributed by atoms with Gasteiger partial charge in [-0.2, -0.15) is 0 Å². The SMILES string of the molecule is CCS(=O)C1CCCC(NC(=NC)NCCc2cc(Cl)ccc2Br)C1. The molecular weight excluding hydrogens is 422 g/mol. The van der Waals surface area contributed by atoms with Gasteiger partial charge in [0, 0.05) is 50.9 Å². The molecule has 140 valence electrons. The zero-order valence-corrected chi connectivity index (χ0v) is 18.0. The largest absolute Gasteiger partial charge is 0.356 e. The van der Waals surface area contributed by atoms with E-state index >= 15 is 0 Å². The average Bonchev–Trinajstić information content (AvgIpc) is 2.63. The minimum Gasteiger partial charge on any atom is -0.356 e. The van der Waals surface area contributed by atoms with Crippen molar-refractivity contribution in [3.05, 3.63) is 33.3 Å². The minimum absolute atomic E-state index is 0.316. The van der Waals surface area contributed by atoms with Gasteiger partial charge in [0.15, 0.2) is 5.96 Å². The average molecular weight is 449 g/mol. The Balaban J connectivity index is 1.82. The van der Waals surface area contributed by atoms with Gasteiger partial charge < -0.3 is 10.6 Å². The first-order valence-electron chi connectivity index (χ1n) is 8.81. The first-order chi connectivity index (χ1) is 12.0. The maximum Gasteiger partial charge on any atom is 0.191 e. The highest BCUT2D eigenvalue weighted by Gasteiger charge is 2.25. The lowest BCUT2D eigenvalue weighted by molar-refractivity contribution is 0.413. The van der Waals surface area contributed by atoms with Crippen molar-refractivity contribution >= 4 is 44.3 Å². The maximum atomic E-state index is 12.1. The van der Waals surface area contributed by atoms with Gasteiger partial charge >= 0.3 is 0 Å². The molecule has 0 radical (unpaired) electrons. The van der Waals surface area contributed by atoms with E-state index < -0.39 is 10.8 Å². The summed E-state index contributed by atoms with van der Waals surface area (Å²) in [5.74, 6) is 1.56. The van der Waals surface area contributed by atoms with Crippen LogP contribution in [0.5, 0.6) is 0 Å². The van der Waals surface area contributed by atoms with Crippen molar-refractivity contribution in [3.8, 4) is 0 Å². The Kier molecular flexibility index (Phi) is 8.73. The zero-order valence-electron chi connectivity index (χ0n) is 14.9. The molecule has 7 heteroatoms. The van der Waals surface area contributed by atoms with Crippen molar-refractivity contribution in [1.29, 1.82) is 0 Å². The highest BCUT2D eigenvalue weighted by molar-refractivity contribution is 9.10. The molecule has 1 aromatic rings. The molecule has 0 saturated heterocycles. The fraction of sp³-hybridized carbons (Fsp3) is 0.611. The zero-order chi connectivity index (χ0) is 18.2. The van der Waals surface area contributed by atoms with E-state index in [4.69, 9.17) is 11.6 Å². The summed E-state index contributed by atoms with van der Waals surface area (Å²) in [5.41, 5.74) is 1.17. The molecule has 1 saturated carbocycles. The predicted octanol–water partition coefficient (Wildman–Crippen LogP) is 3.89. The number of halogens is 2. The number of aliphatic imine (C=N–C) groups is 1. The van der Waals surface area contributed by atoms with Crippen LogP contribution in [0.25, 0.3) is 0 Å². The third-order valence-electron chi connectivity index (χ3n) is 4.54. The number of guanidine groups is 1. The summed E-state index contributed by atoms with van der Waals surface area (Å²) in [5, 5.41) is 7.93. The topological polar surface area (TPSA) is 53.5 Å². The van der Waals surface area contributed by atoms with Crippen molar-refractivity contribution in [2.45, 2.75) is 50.3 Å². The lowest BCUT2D eigenvalue weighted by Crippen LogP contribution is -2.47. The summed E-state index contributed by atoms with van der Waals surface area (Å²) in [6.07, 6.45) is 5.13. The van der Waals surface area contributed by atoms with Crippen LogP contribution in [0.15, 0.2) is 27.7 Å². The van der Waals surface area contributed by atoms with E-state index in [-0.39, 0.29) is 0 Å². The van der Waals surface area contributed by atoms with Gasteiger partial charge in [-0.25, -0.2) is 0 Å². The molecule has 1 aliphatic rings. The van der Waals surface area contributed by atoms with Crippen LogP contribution in [0.3, 0.4) is 0 Å². The normalized spacial score (nSPS) is 22.5. The number of nitrogens with zero attached hydrogens (tertiary/aromatic N) is 1. The van der Waals surface area contributed by atoms with Gasteiger partial charge in [0.2, 0.25) is 0 Å². The minimum atomic E-state index is -0.704. The van der Waals surface area contributed by atoms with Gasteiger partial charge in [0.25, 0.3) is 0 Å². The van der Waals surface area contributed by atoms with E-state index in [1.54, 1.807) is 7.05 Å². The lowest BCUT2D eigenvalue weighted by atomic mass is 9.95. The second kappa shape index (κ2) is 10.5. The summed E-state index contributed by atoms with van der Waals surface area (Å²) in [4.78, 5) is 4.32. The fourth-order valence-corrected chi connectivity index (χ4v) is 5.18. The van der Waals surface area contributed by atoms with Crippen LogP contribution in [0.4, 0.5) is 0 Å². The summed E-state index contributed by atoms with van der Waals surface area (Å²) in [6, 6.07) is 6.18. The van der Waals surface area contributed by atoms with Crippen molar-refractivity contribution in [2.75, 3.05) is 19.3 Å². The monoisotopic (exact) mass is 447 g/mol. The summed E-state index contributed by atoms with van der Waals surface area (Å²) >= 11 is 9.62. The highest BCUT2D eigenvalue weighted by atomic mass is 79.9. The molecule has 3 unspecified atom stereocenters. The maximum absolute atomic E-state index is 12.1. The first kappa shape index (κ1) is 20.7. The van der Waals surface area contributed by atoms with Crippen LogP contribution < -0.4 is 10.6 Å². The number of rotatable bonds is 6. The molecule has 1 aliphatic carbocycles. The molecule has 25 heavy (non-hydrogen) atoms. The molecular formula is C18H27BrClN3OS. The van der Waals surface area contributed by atoms with Crippen LogP contribution in [-0.4, -0.2) is 40.8 Å². The van der Waals surface area contributed by atoms with Gasteiger partial charge in [-0.05, 0) is 49.4 Å². The van der Waals surface area contributed by atoms with E-state index in [9.17, 15) is 4.21 Å². The molecule has 0 aliphatic heterocycles. The predicted molar refractivity (Wildman–Crippen MR) is 112 cm³/mol. The molecule has 0 heterocycles. The van der Waals surface area contributed by atoms with Gasteiger partial charge in [-0.3, -0.25) is 9.20 Å². The third-order valence-corrected chi connectivity index (χ3v) is 7.29. The molecule has 0 bridgehead atoms. The second-order valence-corrected chi connectivity index (χ2v) is 9.58. The fourth-order valence-electron chi connectivity index (χ4n) is 3.19. The van der Waals surface area contributed by atoms with E-state index in [2.05, 4.69) is 31.6 Å². The van der Waals surface area contributed by atoms with Crippen molar-refractivity contribution in [1.82, 2.24) is 10.6 Å². The Hall–Kier alpha value is -0.590. The standard InChI is InChI=1S/C18H27BrClN3OS/c1-3-25(24)16-6-4-5-15(12-16)23-18(21-2)22-10-9-13-11-14(20)7-8-17(13)19/h7-8,11,15-16H,3-6,9-10,12H2,1-2H3,(H2,21,22,23). The van der Waals surface area contributed by atoms with Gasteiger partial charge in [-0.15, -0.1) is 0 Å². The van der Waals surface area contributed by atoms with Gasteiger partial charge in [-0.1, -0.05) is 40.9 Å². The summed E-state index contributed by atoms with van der Waals surface area (Å²) in [7, 11) is 1.08. The molecule has 1 aromatic carbocycles. The molecule has 2 rings (SSSR count). The van der Waals surface area contributed by atoms with E-state index in [1.165, 1.54) is 5.56 Å². The molecule has 1 fully saturated rings. The molecule has 2 N–H and O–H groups in total. The van der Waals surface area contributed by atoms with Crippen molar-refractivity contribution in [2.24, 2.45) is 4.99 Å². The third kappa shape index (κ3) is 6.57. The van der Waals surface area contributed by atoms with E-state index in [1.807, 2.05) is 25.1 Å². The van der Waals surface area contributed by atoms with Gasteiger partial charge in [0.05, 0.1) is 0 Å². The number of hydrogen-bond acceptors (Lipinski definition) is 2. The Morgan fingerprint density at radius 2 is 2.24 bits per heavy atom. The number of benzene rings is 1. The van der Waals surface area contributed by atoms with Crippen LogP contribution in [0, 0.1) is 0 Å². The molecule has 0 spiro atoms. The van der Waals surface area contributed by atoms with Crippen molar-refractivity contribution < 1.29 is 4.21 Å². The molecule has 3 atom stereocenters. The van der Waals surface area contributed by atoms with Crippen LogP contribution >= 0.6 is 27.5 Å². The number of nitrogens with one attached hydrogen (secondary N) is 2. The Bertz CT molecular complexity index is 626. The van der Waals surface area contributed by atoms with Crippen LogP contribution in [-0.2, 0) is 17.2 Å². The number of hydrogen-bond donors (Lipinski definition) is 2. The quantitative estimate of drug-likeness (QED) is 0.513. The molecule has 4 nitrogen and oxygen atoms in total. The van der Waals surface area contributed by atoms with E-state index in [0.29, 0.717) is 11.3 Å². The van der Waals surface area contributed by atoms with Crippen LogP contribution in [0.2, 0.25) is 5.02 Å². The summed E-state index contributed by atoms with van der Waals surface area (Å²) < 4.78 is 13.1. The first-order valence-corrected chi connectivity index (χ1v) is 11.4. The Morgan fingerprint density at radius 3 is 2.96 bits per heavy atom.